The van der Waals surface area contributed by atoms with Crippen molar-refractivity contribution in [3.05, 3.63) is 82.8 Å². The van der Waals surface area contributed by atoms with Crippen LogP contribution in [0.25, 0.3) is 0 Å². The topological polar surface area (TPSA) is 105 Å². The average molecular weight is 477 g/mol. The second-order valence-corrected chi connectivity index (χ2v) is 8.10. The molecule has 9 heteroatoms. The molecule has 4 rings (SSSR count). The van der Waals surface area contributed by atoms with E-state index in [2.05, 4.69) is 21.2 Å². The monoisotopic (exact) mass is 476 g/mol. The summed E-state index contributed by atoms with van der Waals surface area (Å²) in [4.78, 5) is 25.1. The maximum atomic E-state index is 13.0. The van der Waals surface area contributed by atoms with Crippen LogP contribution in [-0.4, -0.2) is 29.8 Å². The predicted octanol–water partition coefficient (Wildman–Crippen LogP) is 4.65. The van der Waals surface area contributed by atoms with Crippen LogP contribution < -0.4 is 16.1 Å². The Kier molecular flexibility index (Phi) is 7.03. The van der Waals surface area contributed by atoms with Crippen LogP contribution in [0.15, 0.2) is 64.1 Å². The number of nitrogens with one attached hydrogen (secondary N) is 3. The summed E-state index contributed by atoms with van der Waals surface area (Å²) in [5, 5.41) is 10.7. The van der Waals surface area contributed by atoms with Crippen molar-refractivity contribution in [2.24, 2.45) is 5.10 Å². The van der Waals surface area contributed by atoms with Gasteiger partial charge in [0.15, 0.2) is 10.9 Å². The maximum Gasteiger partial charge on any atom is 0.339 e. The number of rotatable bonds is 5. The van der Waals surface area contributed by atoms with E-state index < -0.39 is 11.9 Å². The van der Waals surface area contributed by atoms with Crippen molar-refractivity contribution >= 4 is 46.3 Å². The van der Waals surface area contributed by atoms with Gasteiger partial charge in [-0.05, 0) is 56.2 Å². The van der Waals surface area contributed by atoms with Crippen LogP contribution in [0.2, 0.25) is 0 Å². The van der Waals surface area contributed by atoms with Crippen LogP contribution in [0.3, 0.4) is 0 Å². The quantitative estimate of drug-likeness (QED) is 0.280. The number of anilines is 2. The summed E-state index contributed by atoms with van der Waals surface area (Å²) < 4.78 is 10.7. The first kappa shape index (κ1) is 23.2. The Labute approximate surface area is 202 Å². The first-order valence-corrected chi connectivity index (χ1v) is 11.2. The van der Waals surface area contributed by atoms with Crippen LogP contribution in [0, 0.1) is 6.92 Å². The maximum absolute atomic E-state index is 13.0. The van der Waals surface area contributed by atoms with Gasteiger partial charge in [0.05, 0.1) is 24.1 Å². The van der Waals surface area contributed by atoms with E-state index in [0.29, 0.717) is 28.5 Å². The van der Waals surface area contributed by atoms with Crippen LogP contribution in [0.5, 0.6) is 0 Å². The molecule has 1 aliphatic carbocycles. The van der Waals surface area contributed by atoms with Crippen molar-refractivity contribution in [3.63, 3.8) is 0 Å². The summed E-state index contributed by atoms with van der Waals surface area (Å²) in [6.07, 6.45) is 2.26. The first-order chi connectivity index (χ1) is 16.5. The van der Waals surface area contributed by atoms with Gasteiger partial charge in [-0.25, -0.2) is 4.79 Å². The Morgan fingerprint density at radius 2 is 1.76 bits per heavy atom. The number of aryl methyl sites for hydroxylation is 1. The number of ether oxygens (including phenoxy) is 1. The van der Waals surface area contributed by atoms with Crippen molar-refractivity contribution in [1.82, 2.24) is 5.43 Å². The number of hydrogen-bond acceptors (Lipinski definition) is 6. The van der Waals surface area contributed by atoms with E-state index in [1.807, 2.05) is 37.3 Å². The van der Waals surface area contributed by atoms with Gasteiger partial charge in [-0.15, -0.1) is 0 Å². The number of hydrazone groups is 1. The molecule has 0 bridgehead atoms. The second-order valence-electron chi connectivity index (χ2n) is 7.69. The number of methoxy groups -OCH3 is 1. The van der Waals surface area contributed by atoms with E-state index in [-0.39, 0.29) is 11.3 Å². The molecule has 1 heterocycles. The fourth-order valence-corrected chi connectivity index (χ4v) is 4.02. The third kappa shape index (κ3) is 4.99. The Bertz CT molecular complexity index is 1270. The molecule has 0 saturated carbocycles. The molecule has 3 aromatic rings. The van der Waals surface area contributed by atoms with Gasteiger partial charge in [-0.1, -0.05) is 30.3 Å². The highest BCUT2D eigenvalue weighted by molar-refractivity contribution is 7.80. The number of carbonyl (C=O) groups is 2. The van der Waals surface area contributed by atoms with Crippen LogP contribution in [-0.2, 0) is 11.2 Å². The zero-order valence-corrected chi connectivity index (χ0v) is 19.6. The lowest BCUT2D eigenvalue weighted by Gasteiger charge is -2.14. The van der Waals surface area contributed by atoms with E-state index in [4.69, 9.17) is 21.4 Å². The molecule has 0 radical (unpaired) electrons. The largest absolute Gasteiger partial charge is 0.465 e. The van der Waals surface area contributed by atoms with E-state index in [0.717, 1.165) is 29.8 Å². The molecule has 0 atom stereocenters. The summed E-state index contributed by atoms with van der Waals surface area (Å²) in [5.41, 5.74) is 6.63. The van der Waals surface area contributed by atoms with Crippen LogP contribution >= 0.6 is 12.2 Å². The standard InChI is InChI=1S/C25H24N4O4S/c1-15-21-19(28-29-25(34)26-16-9-4-3-5-10-16)13-8-14-20(21)33-22(15)23(30)27-18-12-7-6-11-17(18)24(31)32-2/h3-7,9-12H,8,13-14H2,1-2H3,(H,27,30)(H2,26,29,34)/b28-19+. The zero-order valence-electron chi connectivity index (χ0n) is 18.8. The number of furan rings is 1. The van der Waals surface area contributed by atoms with Crippen molar-refractivity contribution in [2.45, 2.75) is 26.2 Å². The summed E-state index contributed by atoms with van der Waals surface area (Å²) in [6.45, 7) is 1.82. The smallest absolute Gasteiger partial charge is 0.339 e. The fourth-order valence-electron chi connectivity index (χ4n) is 3.85. The van der Waals surface area contributed by atoms with E-state index in [9.17, 15) is 9.59 Å². The van der Waals surface area contributed by atoms with Gasteiger partial charge >= 0.3 is 5.97 Å². The number of hydrogen-bond donors (Lipinski definition) is 3. The number of carbonyl (C=O) groups excluding carboxylic acids is 2. The number of fused-ring (bicyclic) bond motifs is 1. The summed E-state index contributed by atoms with van der Waals surface area (Å²) >= 11 is 5.34. The van der Waals surface area contributed by atoms with Gasteiger partial charge in [-0.2, -0.15) is 5.10 Å². The lowest BCUT2D eigenvalue weighted by molar-refractivity contribution is 0.0602. The summed E-state index contributed by atoms with van der Waals surface area (Å²) in [6, 6.07) is 16.2. The van der Waals surface area contributed by atoms with Gasteiger partial charge in [0.1, 0.15) is 5.76 Å². The molecule has 0 aliphatic heterocycles. The summed E-state index contributed by atoms with van der Waals surface area (Å²) in [5.74, 6) is -0.0920. The number of para-hydroxylation sites is 2. The third-order valence-electron chi connectivity index (χ3n) is 5.44. The zero-order chi connectivity index (χ0) is 24.1. The number of benzene rings is 2. The van der Waals surface area contributed by atoms with Crippen LogP contribution in [0.1, 0.15) is 50.6 Å². The molecule has 1 aliphatic rings. The van der Waals surface area contributed by atoms with Gasteiger partial charge in [0, 0.05) is 23.2 Å². The van der Waals surface area contributed by atoms with Crippen LogP contribution in [0.4, 0.5) is 11.4 Å². The third-order valence-corrected chi connectivity index (χ3v) is 5.63. The molecule has 8 nitrogen and oxygen atoms in total. The average Bonchev–Trinajstić information content (AvgIpc) is 3.20. The van der Waals surface area contributed by atoms with Gasteiger partial charge in [0.25, 0.3) is 5.91 Å². The van der Waals surface area contributed by atoms with Crippen molar-refractivity contribution in [2.75, 3.05) is 17.7 Å². The highest BCUT2D eigenvalue weighted by atomic mass is 32.1. The lowest BCUT2D eigenvalue weighted by atomic mass is 9.93. The van der Waals surface area contributed by atoms with Crippen molar-refractivity contribution in [1.29, 1.82) is 0 Å². The lowest BCUT2D eigenvalue weighted by Crippen LogP contribution is -2.26. The minimum atomic E-state index is -0.535. The van der Waals surface area contributed by atoms with Crippen molar-refractivity contribution in [3.8, 4) is 0 Å². The number of esters is 1. The van der Waals surface area contributed by atoms with Crippen molar-refractivity contribution < 1.29 is 18.7 Å². The van der Waals surface area contributed by atoms with E-state index >= 15 is 0 Å². The molecule has 0 spiro atoms. The highest BCUT2D eigenvalue weighted by Crippen LogP contribution is 2.30. The van der Waals surface area contributed by atoms with E-state index in [1.54, 1.807) is 24.3 Å². The molecule has 34 heavy (non-hydrogen) atoms. The minimum Gasteiger partial charge on any atom is -0.465 e. The molecular weight excluding hydrogens is 452 g/mol. The molecule has 0 unspecified atom stereocenters. The Balaban J connectivity index is 1.54. The van der Waals surface area contributed by atoms with Gasteiger partial charge in [-0.3, -0.25) is 10.2 Å². The Morgan fingerprint density at radius 1 is 1.03 bits per heavy atom. The molecule has 0 fully saturated rings. The Hall–Kier alpha value is -3.98. The molecule has 0 saturated heterocycles. The number of nitrogens with zero attached hydrogens (tertiary/aromatic N) is 1. The van der Waals surface area contributed by atoms with Gasteiger partial charge in [0.2, 0.25) is 0 Å². The number of amides is 1. The molecule has 3 N–H and O–H groups in total. The predicted molar refractivity (Wildman–Crippen MR) is 134 cm³/mol. The molecular formula is C25H24N4O4S. The fraction of sp³-hybridized carbons (Fsp3) is 0.200. The number of thiocarbonyl (C=S) groups is 1. The molecule has 174 valence electrons. The Morgan fingerprint density at radius 3 is 2.53 bits per heavy atom. The first-order valence-electron chi connectivity index (χ1n) is 10.8. The molecule has 2 aromatic carbocycles. The van der Waals surface area contributed by atoms with E-state index in [1.165, 1.54) is 7.11 Å². The SMILES string of the molecule is COC(=O)c1ccccc1NC(=O)c1oc2c(c1C)/C(=N/NC(=S)Nc1ccccc1)CCC2. The molecule has 1 amide bonds. The minimum absolute atomic E-state index is 0.184. The second kappa shape index (κ2) is 10.3. The van der Waals surface area contributed by atoms with Gasteiger partial charge < -0.3 is 19.8 Å². The summed E-state index contributed by atoms with van der Waals surface area (Å²) in [7, 11) is 1.29. The normalized spacial score (nSPS) is 13.6. The highest BCUT2D eigenvalue weighted by Gasteiger charge is 2.28. The molecule has 1 aromatic heterocycles.